The lowest BCUT2D eigenvalue weighted by Gasteiger charge is -2.26. The van der Waals surface area contributed by atoms with Gasteiger partial charge in [-0.15, -0.1) is 0 Å². The number of benzene rings is 1. The first-order valence-electron chi connectivity index (χ1n) is 7.16. The van der Waals surface area contributed by atoms with Crippen LogP contribution < -0.4 is 0 Å². The second-order valence-electron chi connectivity index (χ2n) is 5.56. The molecule has 0 amide bonds. The zero-order chi connectivity index (χ0) is 14.7. The van der Waals surface area contributed by atoms with Gasteiger partial charge in [0, 0.05) is 7.34 Å². The maximum Gasteiger partial charge on any atom is 0.169 e. The molecule has 0 aliphatic heterocycles. The predicted molar refractivity (Wildman–Crippen MR) is 77.8 cm³/mol. The molecule has 0 spiro atoms. The van der Waals surface area contributed by atoms with Crippen molar-refractivity contribution in [2.45, 2.75) is 39.5 Å². The number of hydrogen-bond acceptors (Lipinski definition) is 1. The van der Waals surface area contributed by atoms with Gasteiger partial charge >= 0.3 is 0 Å². The lowest BCUT2D eigenvalue weighted by Crippen LogP contribution is -2.22. The summed E-state index contributed by atoms with van der Waals surface area (Å²) in [5.41, 5.74) is 0.137. The van der Waals surface area contributed by atoms with Gasteiger partial charge in [0.1, 0.15) is 0 Å². The molecular weight excluding hydrogens is 258 g/mol. The van der Waals surface area contributed by atoms with E-state index in [-0.39, 0.29) is 24.3 Å². The molecule has 3 heteroatoms. The van der Waals surface area contributed by atoms with Crippen LogP contribution in [0, 0.1) is 30.4 Å². The molecule has 0 heterocycles. The largest absolute Gasteiger partial charge is 0.294 e. The smallest absolute Gasteiger partial charge is 0.169 e. The first-order valence-corrected chi connectivity index (χ1v) is 7.16. The summed E-state index contributed by atoms with van der Waals surface area (Å²) >= 11 is 0. The fourth-order valence-electron chi connectivity index (χ4n) is 2.90. The van der Waals surface area contributed by atoms with Gasteiger partial charge < -0.3 is 0 Å². The fourth-order valence-corrected chi connectivity index (χ4v) is 2.90. The molecule has 0 aromatic heterocycles. The van der Waals surface area contributed by atoms with Gasteiger partial charge in [0.2, 0.25) is 0 Å². The summed E-state index contributed by atoms with van der Waals surface area (Å²) in [4.78, 5) is 12.3. The van der Waals surface area contributed by atoms with Crippen LogP contribution in [0.2, 0.25) is 0 Å². The molecule has 0 radical (unpaired) electrons. The standard InChI is InChI=1S/C17H20F2O.H2/c1-3-4-12-6-8-13(9-7-12)17(20)14-10-5-11(2)15(18)16(14)19;/h3-5,10,12-13H,6-9H2,1-2H3;1H/b4-3+;. The summed E-state index contributed by atoms with van der Waals surface area (Å²) < 4.78 is 27.4. The van der Waals surface area contributed by atoms with Crippen LogP contribution in [-0.4, -0.2) is 5.78 Å². The van der Waals surface area contributed by atoms with Crippen LogP contribution in [0.3, 0.4) is 0 Å². The van der Waals surface area contributed by atoms with Gasteiger partial charge in [0.25, 0.3) is 0 Å². The van der Waals surface area contributed by atoms with E-state index in [1.165, 1.54) is 19.1 Å². The van der Waals surface area contributed by atoms with Crippen molar-refractivity contribution in [3.8, 4) is 0 Å². The number of hydrogen-bond donors (Lipinski definition) is 0. The van der Waals surface area contributed by atoms with Gasteiger partial charge in [0.15, 0.2) is 17.4 Å². The molecule has 0 atom stereocenters. The van der Waals surface area contributed by atoms with Crippen LogP contribution in [0.5, 0.6) is 0 Å². The number of carbonyl (C=O) groups is 1. The van der Waals surface area contributed by atoms with Crippen molar-refractivity contribution in [3.05, 3.63) is 47.0 Å². The minimum absolute atomic E-state index is 0. The molecular formula is C17H22F2O. The number of ketones is 1. The van der Waals surface area contributed by atoms with Crippen LogP contribution in [0.25, 0.3) is 0 Å². The first-order chi connectivity index (χ1) is 9.54. The maximum absolute atomic E-state index is 13.9. The third-order valence-electron chi connectivity index (χ3n) is 4.15. The van der Waals surface area contributed by atoms with E-state index in [1.807, 2.05) is 13.0 Å². The highest BCUT2D eigenvalue weighted by Crippen LogP contribution is 2.32. The molecule has 1 aliphatic carbocycles. The number of aryl methyl sites for hydroxylation is 1. The Morgan fingerprint density at radius 2 is 1.85 bits per heavy atom. The van der Waals surface area contributed by atoms with Gasteiger partial charge in [-0.05, 0) is 57.1 Å². The van der Waals surface area contributed by atoms with Gasteiger partial charge in [-0.25, -0.2) is 8.78 Å². The van der Waals surface area contributed by atoms with E-state index in [0.717, 1.165) is 25.7 Å². The average molecular weight is 280 g/mol. The summed E-state index contributed by atoms with van der Waals surface area (Å²) in [6, 6.07) is 2.88. The average Bonchev–Trinajstić information content (AvgIpc) is 2.45. The lowest BCUT2D eigenvalue weighted by molar-refractivity contribution is 0.0874. The Labute approximate surface area is 120 Å². The summed E-state index contributed by atoms with van der Waals surface area (Å²) in [6.45, 7) is 3.48. The lowest BCUT2D eigenvalue weighted by atomic mass is 9.78. The number of carbonyl (C=O) groups excluding carboxylic acids is 1. The normalized spacial score (nSPS) is 23.2. The van der Waals surface area contributed by atoms with Crippen LogP contribution in [0.4, 0.5) is 8.78 Å². The first kappa shape index (κ1) is 14.9. The SMILES string of the molecule is C/C=C/C1CCC(C(=O)c2ccc(C)c(F)c2F)CC1.[HH]. The van der Waals surface area contributed by atoms with E-state index in [1.54, 1.807) is 0 Å². The predicted octanol–water partition coefficient (Wildman–Crippen LogP) is 5.08. The maximum atomic E-state index is 13.9. The molecule has 2 rings (SSSR count). The van der Waals surface area contributed by atoms with Crippen LogP contribution in [0.15, 0.2) is 24.3 Å². The monoisotopic (exact) mass is 280 g/mol. The summed E-state index contributed by atoms with van der Waals surface area (Å²) in [5.74, 6) is -1.80. The number of Topliss-reactive ketones (excluding diaryl/α,β-unsaturated/α-hetero) is 1. The third-order valence-corrected chi connectivity index (χ3v) is 4.15. The Hall–Kier alpha value is -1.51. The van der Waals surface area contributed by atoms with Crippen molar-refractivity contribution < 1.29 is 15.0 Å². The van der Waals surface area contributed by atoms with Crippen molar-refractivity contribution in [1.82, 2.24) is 0 Å². The van der Waals surface area contributed by atoms with E-state index < -0.39 is 11.6 Å². The second-order valence-corrected chi connectivity index (χ2v) is 5.56. The highest BCUT2D eigenvalue weighted by Gasteiger charge is 2.28. The zero-order valence-corrected chi connectivity index (χ0v) is 12.0. The van der Waals surface area contributed by atoms with Crippen molar-refractivity contribution in [2.75, 3.05) is 0 Å². The van der Waals surface area contributed by atoms with Crippen molar-refractivity contribution in [1.29, 1.82) is 0 Å². The quantitative estimate of drug-likeness (QED) is 0.557. The highest BCUT2D eigenvalue weighted by atomic mass is 19.2. The van der Waals surface area contributed by atoms with Gasteiger partial charge in [-0.2, -0.15) is 0 Å². The van der Waals surface area contributed by atoms with Crippen LogP contribution in [0.1, 0.15) is 50.0 Å². The van der Waals surface area contributed by atoms with E-state index in [0.29, 0.717) is 5.92 Å². The minimum atomic E-state index is -0.995. The van der Waals surface area contributed by atoms with E-state index in [2.05, 4.69) is 6.08 Å². The molecule has 1 aromatic carbocycles. The molecule has 0 bridgehead atoms. The van der Waals surface area contributed by atoms with Gasteiger partial charge in [-0.1, -0.05) is 18.2 Å². The molecule has 1 nitrogen and oxygen atoms in total. The Balaban J connectivity index is 0.00000220. The molecule has 0 saturated heterocycles. The Bertz CT molecular complexity index is 532. The second kappa shape index (κ2) is 6.29. The summed E-state index contributed by atoms with van der Waals surface area (Å²) in [7, 11) is 0. The Kier molecular flexibility index (Phi) is 4.69. The third kappa shape index (κ3) is 2.97. The highest BCUT2D eigenvalue weighted by molar-refractivity contribution is 5.98. The number of halogens is 2. The summed E-state index contributed by atoms with van der Waals surface area (Å²) in [6.07, 6.45) is 7.58. The minimum Gasteiger partial charge on any atom is -0.294 e. The van der Waals surface area contributed by atoms with Crippen molar-refractivity contribution in [3.63, 3.8) is 0 Å². The summed E-state index contributed by atoms with van der Waals surface area (Å²) in [5, 5.41) is 0. The molecule has 0 N–H and O–H groups in total. The van der Waals surface area contributed by atoms with Crippen LogP contribution >= 0.6 is 0 Å². The van der Waals surface area contributed by atoms with Crippen molar-refractivity contribution in [2.24, 2.45) is 11.8 Å². The van der Waals surface area contributed by atoms with E-state index in [9.17, 15) is 13.6 Å². The molecule has 1 aliphatic rings. The molecule has 110 valence electrons. The van der Waals surface area contributed by atoms with E-state index >= 15 is 0 Å². The zero-order valence-electron chi connectivity index (χ0n) is 12.0. The number of rotatable bonds is 3. The van der Waals surface area contributed by atoms with E-state index in [4.69, 9.17) is 0 Å². The van der Waals surface area contributed by atoms with Crippen LogP contribution in [-0.2, 0) is 0 Å². The molecule has 1 fully saturated rings. The molecule has 1 aromatic rings. The Morgan fingerprint density at radius 3 is 2.45 bits per heavy atom. The fraction of sp³-hybridized carbons (Fsp3) is 0.471. The topological polar surface area (TPSA) is 17.1 Å². The van der Waals surface area contributed by atoms with Crippen molar-refractivity contribution >= 4 is 5.78 Å². The molecule has 0 unspecified atom stereocenters. The Morgan fingerprint density at radius 1 is 1.20 bits per heavy atom. The number of allylic oxidation sites excluding steroid dienone is 2. The van der Waals surface area contributed by atoms with Gasteiger partial charge in [-0.3, -0.25) is 4.79 Å². The molecule has 20 heavy (non-hydrogen) atoms. The van der Waals surface area contributed by atoms with Gasteiger partial charge in [0.05, 0.1) is 5.56 Å². The molecule has 1 saturated carbocycles.